The van der Waals surface area contributed by atoms with E-state index in [1.54, 1.807) is 0 Å². The Hall–Kier alpha value is -0.0400. The number of methoxy groups -OCH3 is 1. The fourth-order valence-electron chi connectivity index (χ4n) is 1.91. The van der Waals surface area contributed by atoms with Crippen molar-refractivity contribution in [3.63, 3.8) is 0 Å². The highest BCUT2D eigenvalue weighted by molar-refractivity contribution is 4.75. The Morgan fingerprint density at radius 3 is 2.70 bits per heavy atom. The fraction of sp³-hybridized carbons (Fsp3) is 1.00. The molecule has 0 aromatic rings. The second-order valence-electron chi connectivity index (χ2n) is 3.33. The van der Waals surface area contributed by atoms with E-state index in [1.807, 2.05) is 7.11 Å². The van der Waals surface area contributed by atoms with Gasteiger partial charge in [0.2, 0.25) is 0 Å². The molecule has 0 aliphatic heterocycles. The van der Waals surface area contributed by atoms with E-state index in [4.69, 9.17) is 4.74 Å². The molecule has 1 nitrogen and oxygen atoms in total. The summed E-state index contributed by atoms with van der Waals surface area (Å²) in [4.78, 5) is 0. The summed E-state index contributed by atoms with van der Waals surface area (Å²) in [6.07, 6.45) is 7.32. The van der Waals surface area contributed by atoms with E-state index in [0.717, 1.165) is 5.92 Å². The SMILES string of the molecule is CCC[C@@H]1CCC(OC)C1. The van der Waals surface area contributed by atoms with Gasteiger partial charge in [0.25, 0.3) is 0 Å². The maximum Gasteiger partial charge on any atom is 0.0574 e. The quantitative estimate of drug-likeness (QED) is 0.588. The summed E-state index contributed by atoms with van der Waals surface area (Å²) in [5.41, 5.74) is 0. The molecule has 0 aromatic carbocycles. The molecule has 0 heterocycles. The van der Waals surface area contributed by atoms with Crippen LogP contribution >= 0.6 is 0 Å². The van der Waals surface area contributed by atoms with Crippen molar-refractivity contribution in [2.75, 3.05) is 7.11 Å². The molecule has 0 amide bonds. The van der Waals surface area contributed by atoms with E-state index < -0.39 is 0 Å². The molecule has 1 heteroatoms. The van der Waals surface area contributed by atoms with Gasteiger partial charge < -0.3 is 4.74 Å². The van der Waals surface area contributed by atoms with Gasteiger partial charge in [-0.2, -0.15) is 0 Å². The number of rotatable bonds is 3. The third kappa shape index (κ3) is 1.98. The van der Waals surface area contributed by atoms with Crippen LogP contribution in [0, 0.1) is 5.92 Å². The van der Waals surface area contributed by atoms with Gasteiger partial charge in [-0.05, 0) is 25.2 Å². The Balaban J connectivity index is 2.15. The van der Waals surface area contributed by atoms with Crippen molar-refractivity contribution in [2.24, 2.45) is 5.92 Å². The van der Waals surface area contributed by atoms with Crippen LogP contribution in [0.5, 0.6) is 0 Å². The van der Waals surface area contributed by atoms with E-state index in [9.17, 15) is 0 Å². The van der Waals surface area contributed by atoms with Crippen LogP contribution in [-0.2, 0) is 4.74 Å². The molecule has 1 aliphatic rings. The largest absolute Gasteiger partial charge is 0.381 e. The molecule has 0 radical (unpaired) electrons. The van der Waals surface area contributed by atoms with Crippen LogP contribution in [0.1, 0.15) is 39.0 Å². The van der Waals surface area contributed by atoms with Crippen molar-refractivity contribution in [1.82, 2.24) is 0 Å². The number of ether oxygens (including phenoxy) is 1. The molecule has 0 bridgehead atoms. The minimum Gasteiger partial charge on any atom is -0.381 e. The maximum atomic E-state index is 5.29. The Labute approximate surface area is 63.8 Å². The second-order valence-corrected chi connectivity index (χ2v) is 3.33. The van der Waals surface area contributed by atoms with Crippen molar-refractivity contribution in [2.45, 2.75) is 45.1 Å². The summed E-state index contributed by atoms with van der Waals surface area (Å²) in [7, 11) is 1.83. The minimum atomic E-state index is 0.580. The monoisotopic (exact) mass is 142 g/mol. The molecule has 2 atom stereocenters. The summed E-state index contributed by atoms with van der Waals surface area (Å²) in [5.74, 6) is 0.968. The third-order valence-corrected chi connectivity index (χ3v) is 2.52. The molecule has 1 rings (SSSR count). The zero-order valence-corrected chi connectivity index (χ0v) is 7.10. The van der Waals surface area contributed by atoms with Crippen LogP contribution in [0.2, 0.25) is 0 Å². The van der Waals surface area contributed by atoms with Gasteiger partial charge in [0.1, 0.15) is 0 Å². The van der Waals surface area contributed by atoms with Gasteiger partial charge in [0.15, 0.2) is 0 Å². The Morgan fingerprint density at radius 2 is 2.20 bits per heavy atom. The van der Waals surface area contributed by atoms with Crippen molar-refractivity contribution in [1.29, 1.82) is 0 Å². The van der Waals surface area contributed by atoms with Crippen LogP contribution < -0.4 is 0 Å². The predicted molar refractivity (Wildman–Crippen MR) is 43.0 cm³/mol. The van der Waals surface area contributed by atoms with E-state index in [-0.39, 0.29) is 0 Å². The first-order valence-electron chi connectivity index (χ1n) is 4.39. The van der Waals surface area contributed by atoms with E-state index in [2.05, 4.69) is 6.92 Å². The number of hydrogen-bond acceptors (Lipinski definition) is 1. The van der Waals surface area contributed by atoms with E-state index >= 15 is 0 Å². The summed E-state index contributed by atoms with van der Waals surface area (Å²) in [5, 5.41) is 0. The van der Waals surface area contributed by atoms with Crippen LogP contribution in [0.25, 0.3) is 0 Å². The van der Waals surface area contributed by atoms with Gasteiger partial charge in [-0.1, -0.05) is 19.8 Å². The molecule has 1 unspecified atom stereocenters. The Kier molecular flexibility index (Phi) is 3.20. The van der Waals surface area contributed by atoms with Crippen molar-refractivity contribution in [3.05, 3.63) is 0 Å². The van der Waals surface area contributed by atoms with Gasteiger partial charge in [-0.3, -0.25) is 0 Å². The highest BCUT2D eigenvalue weighted by Gasteiger charge is 2.22. The standard InChI is InChI=1S/C9H18O/c1-3-4-8-5-6-9(7-8)10-2/h8-9H,3-7H2,1-2H3/t8-,9?/m1/s1. The van der Waals surface area contributed by atoms with Crippen molar-refractivity contribution in [3.8, 4) is 0 Å². The first-order chi connectivity index (χ1) is 4.86. The summed E-state index contributed by atoms with van der Waals surface area (Å²) >= 11 is 0. The lowest BCUT2D eigenvalue weighted by molar-refractivity contribution is 0.105. The smallest absolute Gasteiger partial charge is 0.0574 e. The lowest BCUT2D eigenvalue weighted by Crippen LogP contribution is -2.04. The first-order valence-corrected chi connectivity index (χ1v) is 4.39. The molecule has 10 heavy (non-hydrogen) atoms. The van der Waals surface area contributed by atoms with E-state index in [1.165, 1.54) is 32.1 Å². The molecule has 1 fully saturated rings. The van der Waals surface area contributed by atoms with E-state index in [0.29, 0.717) is 6.10 Å². The minimum absolute atomic E-state index is 0.580. The lowest BCUT2D eigenvalue weighted by Gasteiger charge is -2.07. The molecule has 0 spiro atoms. The van der Waals surface area contributed by atoms with Gasteiger partial charge in [-0.25, -0.2) is 0 Å². The third-order valence-electron chi connectivity index (χ3n) is 2.52. The molecule has 0 saturated heterocycles. The van der Waals surface area contributed by atoms with Crippen LogP contribution in [0.15, 0.2) is 0 Å². The average molecular weight is 142 g/mol. The van der Waals surface area contributed by atoms with Gasteiger partial charge >= 0.3 is 0 Å². The lowest BCUT2D eigenvalue weighted by atomic mass is 10.0. The van der Waals surface area contributed by atoms with Crippen molar-refractivity contribution < 1.29 is 4.74 Å². The molecule has 60 valence electrons. The van der Waals surface area contributed by atoms with Gasteiger partial charge in [-0.15, -0.1) is 0 Å². The normalized spacial score (nSPS) is 33.0. The van der Waals surface area contributed by atoms with Crippen LogP contribution in [0.4, 0.5) is 0 Å². The summed E-state index contributed by atoms with van der Waals surface area (Å²) in [6.45, 7) is 2.26. The molecule has 0 N–H and O–H groups in total. The fourth-order valence-corrected chi connectivity index (χ4v) is 1.91. The van der Waals surface area contributed by atoms with Crippen LogP contribution in [0.3, 0.4) is 0 Å². The Bertz CT molecular complexity index is 90.7. The average Bonchev–Trinajstić information content (AvgIpc) is 2.37. The Morgan fingerprint density at radius 1 is 1.40 bits per heavy atom. The highest BCUT2D eigenvalue weighted by Crippen LogP contribution is 2.30. The molecule has 0 aromatic heterocycles. The van der Waals surface area contributed by atoms with Gasteiger partial charge in [0, 0.05) is 7.11 Å². The highest BCUT2D eigenvalue weighted by atomic mass is 16.5. The summed E-state index contributed by atoms with van der Waals surface area (Å²) in [6, 6.07) is 0. The first kappa shape index (κ1) is 8.06. The predicted octanol–water partition coefficient (Wildman–Crippen LogP) is 2.60. The molecular formula is C9H18O. The summed E-state index contributed by atoms with van der Waals surface area (Å²) < 4.78 is 5.29. The number of hydrogen-bond donors (Lipinski definition) is 0. The van der Waals surface area contributed by atoms with Gasteiger partial charge in [0.05, 0.1) is 6.10 Å². The van der Waals surface area contributed by atoms with Crippen LogP contribution in [-0.4, -0.2) is 13.2 Å². The zero-order valence-electron chi connectivity index (χ0n) is 7.10. The topological polar surface area (TPSA) is 9.23 Å². The second kappa shape index (κ2) is 3.97. The molecular weight excluding hydrogens is 124 g/mol. The zero-order chi connectivity index (χ0) is 7.40. The molecule has 1 saturated carbocycles. The molecule has 1 aliphatic carbocycles. The maximum absolute atomic E-state index is 5.29. The van der Waals surface area contributed by atoms with Crippen molar-refractivity contribution >= 4 is 0 Å².